The van der Waals surface area contributed by atoms with E-state index in [0.717, 1.165) is 16.5 Å². The Morgan fingerprint density at radius 1 is 1.30 bits per heavy atom. The summed E-state index contributed by atoms with van der Waals surface area (Å²) < 4.78 is 2.03. The van der Waals surface area contributed by atoms with Crippen LogP contribution in [-0.2, 0) is 23.1 Å². The van der Waals surface area contributed by atoms with Gasteiger partial charge in [0.1, 0.15) is 5.41 Å². The van der Waals surface area contributed by atoms with Crippen molar-refractivity contribution in [2.45, 2.75) is 6.42 Å². The lowest BCUT2D eigenvalue weighted by Crippen LogP contribution is -2.42. The number of carboxylic acids is 1. The van der Waals surface area contributed by atoms with E-state index in [9.17, 15) is 14.7 Å². The number of benzene rings is 1. The van der Waals surface area contributed by atoms with Gasteiger partial charge in [-0.1, -0.05) is 24.3 Å². The second kappa shape index (κ2) is 6.53. The lowest BCUT2D eigenvalue weighted by molar-refractivity contribution is -0.149. The average molecular weight is 367 g/mol. The molecule has 0 spiro atoms. The molecule has 2 fully saturated rings. The molecular formula is C21H25N3O3. The van der Waals surface area contributed by atoms with Crippen LogP contribution in [0.4, 0.5) is 0 Å². The minimum Gasteiger partial charge on any atom is -0.481 e. The van der Waals surface area contributed by atoms with E-state index in [2.05, 4.69) is 11.5 Å². The third-order valence-corrected chi connectivity index (χ3v) is 6.17. The number of hydrogen-bond donors (Lipinski definition) is 1. The van der Waals surface area contributed by atoms with Crippen molar-refractivity contribution in [3.05, 3.63) is 48.7 Å². The van der Waals surface area contributed by atoms with Crippen LogP contribution in [-0.4, -0.2) is 64.1 Å². The maximum Gasteiger partial charge on any atom is 0.313 e. The minimum atomic E-state index is -0.850. The van der Waals surface area contributed by atoms with Crippen molar-refractivity contribution in [2.75, 3.05) is 32.7 Å². The molecule has 0 saturated carbocycles. The van der Waals surface area contributed by atoms with Gasteiger partial charge in [-0.25, -0.2) is 0 Å². The molecule has 6 heteroatoms. The standard InChI is InChI=1S/C21H25N3O3/c1-3-8-23-11-16-12-24(14-21(16,13-23)20(26)27)19(25)9-15-10-22(2)18-7-5-4-6-17(15)18/h3-7,10,16H,1,8-9,11-14H2,2H3,(H,26,27)/t16-,21-/m1/s1. The van der Waals surface area contributed by atoms with Gasteiger partial charge in [0.15, 0.2) is 0 Å². The van der Waals surface area contributed by atoms with Gasteiger partial charge >= 0.3 is 5.97 Å². The van der Waals surface area contributed by atoms with Crippen molar-refractivity contribution in [3.63, 3.8) is 0 Å². The predicted molar refractivity (Wildman–Crippen MR) is 103 cm³/mol. The number of aromatic nitrogens is 1. The van der Waals surface area contributed by atoms with Crippen LogP contribution in [0.3, 0.4) is 0 Å². The summed E-state index contributed by atoms with van der Waals surface area (Å²) in [5.74, 6) is -0.803. The van der Waals surface area contributed by atoms with E-state index in [0.29, 0.717) is 39.1 Å². The van der Waals surface area contributed by atoms with Crippen molar-refractivity contribution in [1.29, 1.82) is 0 Å². The zero-order valence-corrected chi connectivity index (χ0v) is 15.6. The average Bonchev–Trinajstić information content (AvgIpc) is 3.25. The molecule has 142 valence electrons. The quantitative estimate of drug-likeness (QED) is 0.818. The maximum atomic E-state index is 13.0. The van der Waals surface area contributed by atoms with Gasteiger partial charge in [0.05, 0.1) is 6.42 Å². The molecule has 1 amide bonds. The molecule has 0 radical (unpaired) electrons. The fourth-order valence-electron chi connectivity index (χ4n) is 4.82. The Balaban J connectivity index is 1.53. The summed E-state index contributed by atoms with van der Waals surface area (Å²) in [6, 6.07) is 8.03. The third-order valence-electron chi connectivity index (χ3n) is 6.17. The van der Waals surface area contributed by atoms with E-state index in [1.165, 1.54) is 0 Å². The molecule has 0 bridgehead atoms. The van der Waals surface area contributed by atoms with Gasteiger partial charge in [-0.2, -0.15) is 0 Å². The Kier molecular flexibility index (Phi) is 4.30. The van der Waals surface area contributed by atoms with E-state index in [-0.39, 0.29) is 11.8 Å². The number of aliphatic carboxylic acids is 1. The van der Waals surface area contributed by atoms with Crippen LogP contribution in [0.1, 0.15) is 5.56 Å². The van der Waals surface area contributed by atoms with Crippen molar-refractivity contribution in [2.24, 2.45) is 18.4 Å². The van der Waals surface area contributed by atoms with Gasteiger partial charge in [-0.15, -0.1) is 6.58 Å². The molecule has 2 aliphatic rings. The van der Waals surface area contributed by atoms with Gasteiger partial charge < -0.3 is 14.6 Å². The van der Waals surface area contributed by atoms with Crippen molar-refractivity contribution in [3.8, 4) is 0 Å². The molecular weight excluding hydrogens is 342 g/mol. The second-order valence-electron chi connectivity index (χ2n) is 7.87. The Labute approximate surface area is 158 Å². The lowest BCUT2D eigenvalue weighted by atomic mass is 9.81. The highest BCUT2D eigenvalue weighted by Crippen LogP contribution is 2.43. The number of rotatable bonds is 5. The van der Waals surface area contributed by atoms with Gasteiger partial charge in [0.25, 0.3) is 0 Å². The highest BCUT2D eigenvalue weighted by molar-refractivity contribution is 5.90. The van der Waals surface area contributed by atoms with Gasteiger partial charge in [-0.3, -0.25) is 14.5 Å². The molecule has 2 atom stereocenters. The van der Waals surface area contributed by atoms with Gasteiger partial charge in [0.2, 0.25) is 5.91 Å². The number of para-hydroxylation sites is 1. The summed E-state index contributed by atoms with van der Waals surface area (Å²) in [4.78, 5) is 28.9. The number of fused-ring (bicyclic) bond motifs is 2. The molecule has 6 nitrogen and oxygen atoms in total. The van der Waals surface area contributed by atoms with E-state index >= 15 is 0 Å². The predicted octanol–water partition coefficient (Wildman–Crippen LogP) is 1.75. The van der Waals surface area contributed by atoms with Crippen LogP contribution in [0.5, 0.6) is 0 Å². The third kappa shape index (κ3) is 2.84. The van der Waals surface area contributed by atoms with Crippen molar-refractivity contribution in [1.82, 2.24) is 14.4 Å². The molecule has 1 aromatic heterocycles. The number of likely N-dealkylation sites (tertiary alicyclic amines) is 2. The molecule has 1 aromatic carbocycles. The first-order valence-electron chi connectivity index (χ1n) is 9.32. The first-order valence-corrected chi connectivity index (χ1v) is 9.32. The molecule has 2 aliphatic heterocycles. The highest BCUT2D eigenvalue weighted by Gasteiger charge is 2.58. The second-order valence-corrected chi connectivity index (χ2v) is 7.87. The van der Waals surface area contributed by atoms with E-state index < -0.39 is 11.4 Å². The number of amides is 1. The molecule has 4 rings (SSSR count). The first kappa shape index (κ1) is 17.8. The van der Waals surface area contributed by atoms with Crippen LogP contribution < -0.4 is 0 Å². The van der Waals surface area contributed by atoms with Crippen molar-refractivity contribution >= 4 is 22.8 Å². The normalized spacial score (nSPS) is 25.1. The fourth-order valence-corrected chi connectivity index (χ4v) is 4.82. The van der Waals surface area contributed by atoms with Gasteiger partial charge in [-0.05, 0) is 11.6 Å². The van der Waals surface area contributed by atoms with E-state index in [4.69, 9.17) is 0 Å². The monoisotopic (exact) mass is 367 g/mol. The molecule has 3 heterocycles. The number of nitrogens with zero attached hydrogens (tertiary/aromatic N) is 3. The maximum absolute atomic E-state index is 13.0. The Bertz CT molecular complexity index is 919. The van der Waals surface area contributed by atoms with Crippen LogP contribution in [0.25, 0.3) is 10.9 Å². The molecule has 2 saturated heterocycles. The highest BCUT2D eigenvalue weighted by atomic mass is 16.4. The molecule has 0 aliphatic carbocycles. The van der Waals surface area contributed by atoms with Crippen LogP contribution >= 0.6 is 0 Å². The molecule has 2 aromatic rings. The van der Waals surface area contributed by atoms with Crippen molar-refractivity contribution < 1.29 is 14.7 Å². The van der Waals surface area contributed by atoms with Gasteiger partial charge in [0, 0.05) is 62.8 Å². The Morgan fingerprint density at radius 2 is 2.07 bits per heavy atom. The van der Waals surface area contributed by atoms with Crippen LogP contribution in [0.15, 0.2) is 43.1 Å². The number of carboxylic acid groups (broad SMARTS) is 1. The number of aryl methyl sites for hydroxylation is 1. The van der Waals surface area contributed by atoms with E-state index in [1.54, 1.807) is 11.0 Å². The number of carbonyl (C=O) groups is 2. The summed E-state index contributed by atoms with van der Waals surface area (Å²) in [5, 5.41) is 11.0. The lowest BCUT2D eigenvalue weighted by Gasteiger charge is -2.25. The zero-order valence-electron chi connectivity index (χ0n) is 15.6. The number of carbonyl (C=O) groups excluding carboxylic acids is 1. The fraction of sp³-hybridized carbons (Fsp3) is 0.429. The molecule has 0 unspecified atom stereocenters. The molecule has 27 heavy (non-hydrogen) atoms. The first-order chi connectivity index (χ1) is 12.9. The smallest absolute Gasteiger partial charge is 0.313 e. The Hall–Kier alpha value is -2.60. The topological polar surface area (TPSA) is 65.8 Å². The largest absolute Gasteiger partial charge is 0.481 e. The summed E-state index contributed by atoms with van der Waals surface area (Å²) >= 11 is 0. The van der Waals surface area contributed by atoms with Crippen LogP contribution in [0, 0.1) is 11.3 Å². The SMILES string of the molecule is C=CCN1C[C@@H]2CN(C(=O)Cc3cn(C)c4ccccc34)C[C@]2(C(=O)O)C1. The summed E-state index contributed by atoms with van der Waals surface area (Å²) in [5.41, 5.74) is 1.24. The minimum absolute atomic E-state index is 0.0108. The molecule has 1 N–H and O–H groups in total. The summed E-state index contributed by atoms with van der Waals surface area (Å²) in [6.07, 6.45) is 4.11. The Morgan fingerprint density at radius 3 is 2.78 bits per heavy atom. The zero-order chi connectivity index (χ0) is 19.2. The van der Waals surface area contributed by atoms with Crippen LogP contribution in [0.2, 0.25) is 0 Å². The number of hydrogen-bond acceptors (Lipinski definition) is 3. The summed E-state index contributed by atoms with van der Waals surface area (Å²) in [6.45, 7) is 6.44. The van der Waals surface area contributed by atoms with E-state index in [1.807, 2.05) is 42.1 Å². The summed E-state index contributed by atoms with van der Waals surface area (Å²) in [7, 11) is 1.98.